The van der Waals surface area contributed by atoms with Gasteiger partial charge in [-0.15, -0.1) is 0 Å². The minimum absolute atomic E-state index is 0.00248. The fraction of sp³-hybridized carbons (Fsp3) is 0.312. The molecule has 10 heteroatoms. The van der Waals surface area contributed by atoms with E-state index in [9.17, 15) is 18.0 Å². The molecule has 1 aliphatic rings. The van der Waals surface area contributed by atoms with Crippen molar-refractivity contribution < 1.29 is 27.6 Å². The van der Waals surface area contributed by atoms with Crippen LogP contribution in [-0.4, -0.2) is 37.1 Å². The molecular formula is C16H17N3O6S. The zero-order valence-electron chi connectivity index (χ0n) is 14.1. The van der Waals surface area contributed by atoms with Crippen molar-refractivity contribution in [1.82, 2.24) is 5.16 Å². The Balaban J connectivity index is 1.81. The van der Waals surface area contributed by atoms with Gasteiger partial charge in [-0.25, -0.2) is 8.42 Å². The summed E-state index contributed by atoms with van der Waals surface area (Å²) in [4.78, 5) is 24.4. The van der Waals surface area contributed by atoms with Gasteiger partial charge in [0.2, 0.25) is 5.91 Å². The van der Waals surface area contributed by atoms with E-state index in [1.165, 1.54) is 29.2 Å². The monoisotopic (exact) mass is 379 g/mol. The molecule has 1 unspecified atom stereocenters. The molecule has 26 heavy (non-hydrogen) atoms. The molecule has 0 radical (unpaired) electrons. The van der Waals surface area contributed by atoms with Crippen LogP contribution in [0.25, 0.3) is 0 Å². The summed E-state index contributed by atoms with van der Waals surface area (Å²) < 4.78 is 32.4. The average molecular weight is 379 g/mol. The molecular weight excluding hydrogens is 362 g/mol. The smallest absolute Gasteiger partial charge is 0.308 e. The molecule has 2 heterocycles. The topological polar surface area (TPSA) is 130 Å². The van der Waals surface area contributed by atoms with Gasteiger partial charge >= 0.3 is 5.97 Å². The van der Waals surface area contributed by atoms with E-state index in [1.807, 2.05) is 0 Å². The quantitative estimate of drug-likeness (QED) is 0.805. The van der Waals surface area contributed by atoms with E-state index < -0.39 is 21.9 Å². The highest BCUT2D eigenvalue weighted by atomic mass is 32.2. The first-order valence-corrected chi connectivity index (χ1v) is 9.26. The number of carboxylic acid groups (broad SMARTS) is 1. The average Bonchev–Trinajstić information content (AvgIpc) is 3.12. The van der Waals surface area contributed by atoms with Crippen molar-refractivity contribution in [3.05, 3.63) is 35.7 Å². The summed E-state index contributed by atoms with van der Waals surface area (Å²) in [6, 6.07) is 5.67. The predicted molar refractivity (Wildman–Crippen MR) is 91.3 cm³/mol. The fourth-order valence-corrected chi connectivity index (χ4v) is 3.92. The molecule has 1 fully saturated rings. The molecule has 1 aromatic carbocycles. The molecule has 1 atom stereocenters. The number of aromatic nitrogens is 1. The van der Waals surface area contributed by atoms with Gasteiger partial charge in [-0.2, -0.15) is 0 Å². The summed E-state index contributed by atoms with van der Waals surface area (Å²) in [6.07, 6.45) is -0.0665. The van der Waals surface area contributed by atoms with Crippen molar-refractivity contribution in [2.24, 2.45) is 5.92 Å². The molecule has 1 aliphatic heterocycles. The van der Waals surface area contributed by atoms with Gasteiger partial charge in [-0.1, -0.05) is 5.16 Å². The van der Waals surface area contributed by atoms with Crippen LogP contribution in [0.15, 0.2) is 33.7 Å². The number of carbonyl (C=O) groups excluding carboxylic acids is 1. The van der Waals surface area contributed by atoms with Crippen molar-refractivity contribution >= 4 is 33.3 Å². The lowest BCUT2D eigenvalue weighted by atomic mass is 10.1. The van der Waals surface area contributed by atoms with Crippen LogP contribution in [-0.2, 0) is 19.6 Å². The Morgan fingerprint density at radius 3 is 2.46 bits per heavy atom. The van der Waals surface area contributed by atoms with Crippen LogP contribution in [0.2, 0.25) is 0 Å². The Kier molecular flexibility index (Phi) is 4.45. The van der Waals surface area contributed by atoms with Crippen LogP contribution in [0.5, 0.6) is 0 Å². The first-order valence-electron chi connectivity index (χ1n) is 7.78. The summed E-state index contributed by atoms with van der Waals surface area (Å²) in [6.45, 7) is 3.28. The lowest BCUT2D eigenvalue weighted by Crippen LogP contribution is -2.25. The molecule has 2 N–H and O–H groups in total. The maximum atomic E-state index is 12.5. The molecule has 1 amide bonds. The number of carbonyl (C=O) groups is 2. The van der Waals surface area contributed by atoms with Crippen molar-refractivity contribution in [3.63, 3.8) is 0 Å². The summed E-state index contributed by atoms with van der Waals surface area (Å²) in [5, 5.41) is 12.7. The second-order valence-electron chi connectivity index (χ2n) is 6.04. The second-order valence-corrected chi connectivity index (χ2v) is 7.72. The molecule has 1 saturated heterocycles. The van der Waals surface area contributed by atoms with Crippen LogP contribution < -0.4 is 9.62 Å². The fourth-order valence-electron chi connectivity index (χ4n) is 2.75. The largest absolute Gasteiger partial charge is 0.481 e. The van der Waals surface area contributed by atoms with Crippen molar-refractivity contribution in [2.45, 2.75) is 25.2 Å². The second kappa shape index (κ2) is 6.45. The minimum Gasteiger partial charge on any atom is -0.481 e. The number of nitrogens with zero attached hydrogens (tertiary/aromatic N) is 2. The van der Waals surface area contributed by atoms with Crippen molar-refractivity contribution in [3.8, 4) is 0 Å². The van der Waals surface area contributed by atoms with Crippen molar-refractivity contribution in [1.29, 1.82) is 0 Å². The maximum Gasteiger partial charge on any atom is 0.308 e. The SMILES string of the molecule is Cc1noc(C)c1NS(=O)(=O)c1ccc(N2CC(C(=O)O)CC2=O)cc1. The van der Waals surface area contributed by atoms with E-state index >= 15 is 0 Å². The first kappa shape index (κ1) is 17.9. The summed E-state index contributed by atoms with van der Waals surface area (Å²) in [5.74, 6) is -1.73. The number of anilines is 2. The van der Waals surface area contributed by atoms with Gasteiger partial charge in [-0.3, -0.25) is 14.3 Å². The zero-order valence-corrected chi connectivity index (χ0v) is 14.9. The highest BCUT2D eigenvalue weighted by molar-refractivity contribution is 7.92. The molecule has 0 saturated carbocycles. The molecule has 3 rings (SSSR count). The van der Waals surface area contributed by atoms with E-state index in [-0.39, 0.29) is 29.5 Å². The van der Waals surface area contributed by atoms with Gasteiger partial charge in [0.15, 0.2) is 5.76 Å². The lowest BCUT2D eigenvalue weighted by molar-refractivity contribution is -0.141. The van der Waals surface area contributed by atoms with Gasteiger partial charge in [0.05, 0.1) is 10.8 Å². The lowest BCUT2D eigenvalue weighted by Gasteiger charge is -2.16. The van der Waals surface area contributed by atoms with E-state index in [2.05, 4.69) is 9.88 Å². The summed E-state index contributed by atoms with van der Waals surface area (Å²) in [5.41, 5.74) is 1.16. The van der Waals surface area contributed by atoms with Crippen LogP contribution in [0, 0.1) is 19.8 Å². The number of hydrogen-bond acceptors (Lipinski definition) is 6. The number of aryl methyl sites for hydroxylation is 2. The predicted octanol–water partition coefficient (Wildman–Crippen LogP) is 1.53. The van der Waals surface area contributed by atoms with E-state index in [4.69, 9.17) is 9.63 Å². The molecule has 2 aromatic rings. The Morgan fingerprint density at radius 2 is 1.96 bits per heavy atom. The number of amides is 1. The molecule has 9 nitrogen and oxygen atoms in total. The van der Waals surface area contributed by atoms with Gasteiger partial charge in [-0.05, 0) is 38.1 Å². The minimum atomic E-state index is -3.85. The number of sulfonamides is 1. The number of aliphatic carboxylic acids is 1. The van der Waals surface area contributed by atoms with Gasteiger partial charge in [0.25, 0.3) is 10.0 Å². The van der Waals surface area contributed by atoms with Crippen molar-refractivity contribution in [2.75, 3.05) is 16.2 Å². The van der Waals surface area contributed by atoms with Crippen LogP contribution in [0.3, 0.4) is 0 Å². The maximum absolute atomic E-state index is 12.5. The van der Waals surface area contributed by atoms with Gasteiger partial charge < -0.3 is 14.5 Å². The molecule has 0 aliphatic carbocycles. The highest BCUT2D eigenvalue weighted by Gasteiger charge is 2.35. The van der Waals surface area contributed by atoms with Crippen LogP contribution in [0.4, 0.5) is 11.4 Å². The first-order chi connectivity index (χ1) is 12.2. The Hall–Kier alpha value is -2.88. The molecule has 1 aromatic heterocycles. The van der Waals surface area contributed by atoms with Gasteiger partial charge in [0, 0.05) is 18.7 Å². The number of nitrogens with one attached hydrogen (secondary N) is 1. The Bertz CT molecular complexity index is 945. The standard InChI is InChI=1S/C16H17N3O6S/c1-9-15(10(2)25-17-9)18-26(23,24)13-5-3-12(4-6-13)19-8-11(16(21)22)7-14(19)20/h3-6,11,18H,7-8H2,1-2H3,(H,21,22). The van der Waals surface area contributed by atoms with E-state index in [0.717, 1.165) is 0 Å². The number of rotatable bonds is 5. The van der Waals surface area contributed by atoms with Gasteiger partial charge in [0.1, 0.15) is 11.4 Å². The number of hydrogen-bond donors (Lipinski definition) is 2. The molecule has 0 bridgehead atoms. The highest BCUT2D eigenvalue weighted by Crippen LogP contribution is 2.28. The summed E-state index contributed by atoms with van der Waals surface area (Å²) in [7, 11) is -3.85. The Labute approximate surface area is 149 Å². The third kappa shape index (κ3) is 3.27. The van der Waals surface area contributed by atoms with Crippen LogP contribution >= 0.6 is 0 Å². The van der Waals surface area contributed by atoms with Crippen LogP contribution in [0.1, 0.15) is 17.9 Å². The Morgan fingerprint density at radius 1 is 1.31 bits per heavy atom. The number of carboxylic acids is 1. The van der Waals surface area contributed by atoms with E-state index in [0.29, 0.717) is 17.1 Å². The summed E-state index contributed by atoms with van der Waals surface area (Å²) >= 11 is 0. The third-order valence-electron chi connectivity index (χ3n) is 4.20. The third-order valence-corrected chi connectivity index (χ3v) is 5.57. The molecule has 138 valence electrons. The van der Waals surface area contributed by atoms with E-state index in [1.54, 1.807) is 13.8 Å². The number of benzene rings is 1. The normalized spacial score (nSPS) is 17.5. The molecule has 0 spiro atoms. The zero-order chi connectivity index (χ0) is 19.1.